The first-order valence-corrected chi connectivity index (χ1v) is 10.1. The highest BCUT2D eigenvalue weighted by atomic mass is 16.5. The summed E-state index contributed by atoms with van der Waals surface area (Å²) in [4.78, 5) is 1.31. The highest BCUT2D eigenvalue weighted by Gasteiger charge is 2.39. The van der Waals surface area contributed by atoms with Gasteiger partial charge in [0.25, 0.3) is 0 Å². The zero-order chi connectivity index (χ0) is 22.0. The van der Waals surface area contributed by atoms with Gasteiger partial charge in [-0.1, -0.05) is 24.3 Å². The molecule has 31 heavy (non-hydrogen) atoms. The maximum Gasteiger partial charge on any atom is 0.205 e. The van der Waals surface area contributed by atoms with Crippen LogP contribution in [0.2, 0.25) is 0 Å². The summed E-state index contributed by atoms with van der Waals surface area (Å²) in [6.45, 7) is 1.54. The lowest BCUT2D eigenvalue weighted by Gasteiger charge is -2.35. The van der Waals surface area contributed by atoms with E-state index in [1.54, 1.807) is 14.2 Å². The zero-order valence-electron chi connectivity index (χ0n) is 17.9. The second-order valence-corrected chi connectivity index (χ2v) is 7.81. The summed E-state index contributed by atoms with van der Waals surface area (Å²) < 4.78 is 16.8. The summed E-state index contributed by atoms with van der Waals surface area (Å²) in [5, 5.41) is 9.88. The number of quaternary nitrogens is 1. The van der Waals surface area contributed by atoms with Crippen LogP contribution in [0, 0.1) is 11.3 Å². The molecule has 1 unspecified atom stereocenters. The van der Waals surface area contributed by atoms with E-state index in [-0.39, 0.29) is 11.8 Å². The van der Waals surface area contributed by atoms with Gasteiger partial charge in [-0.05, 0) is 41.5 Å². The van der Waals surface area contributed by atoms with Crippen molar-refractivity contribution in [1.29, 1.82) is 5.26 Å². The van der Waals surface area contributed by atoms with Crippen molar-refractivity contribution in [3.63, 3.8) is 0 Å². The van der Waals surface area contributed by atoms with Crippen molar-refractivity contribution in [2.45, 2.75) is 5.92 Å². The number of allylic oxidation sites excluding steroid dienone is 1. The standard InChI is InChI=1S/C25H25N3O3/c1-28-14-18(10-16-6-4-8-19(11-16)29-2)24-22(15-28)23(21(13-26)25(27)31-24)17-7-5-9-20(12-17)30-3/h4-12,23H,14-15,27H2,1-3H3/p+1/b18-10-/t23-/m1/s1. The third-order valence-electron chi connectivity index (χ3n) is 5.66. The van der Waals surface area contributed by atoms with Crippen LogP contribution in [0.4, 0.5) is 0 Å². The van der Waals surface area contributed by atoms with Crippen LogP contribution >= 0.6 is 0 Å². The lowest BCUT2D eigenvalue weighted by atomic mass is 9.80. The molecule has 6 nitrogen and oxygen atoms in total. The van der Waals surface area contributed by atoms with Gasteiger partial charge in [-0.25, -0.2) is 0 Å². The van der Waals surface area contributed by atoms with Gasteiger partial charge in [0.15, 0.2) is 0 Å². The van der Waals surface area contributed by atoms with Crippen LogP contribution in [-0.2, 0) is 4.74 Å². The molecule has 3 N–H and O–H groups in total. The van der Waals surface area contributed by atoms with E-state index in [0.717, 1.165) is 52.6 Å². The Morgan fingerprint density at radius 1 is 1.10 bits per heavy atom. The molecular formula is C25H26N3O3+. The van der Waals surface area contributed by atoms with E-state index in [1.807, 2.05) is 48.5 Å². The molecule has 0 aliphatic carbocycles. The van der Waals surface area contributed by atoms with Crippen molar-refractivity contribution < 1.29 is 19.1 Å². The molecule has 2 aliphatic rings. The minimum Gasteiger partial charge on any atom is -0.497 e. The van der Waals surface area contributed by atoms with Crippen LogP contribution in [0.3, 0.4) is 0 Å². The van der Waals surface area contributed by atoms with Crippen LogP contribution < -0.4 is 20.1 Å². The fourth-order valence-corrected chi connectivity index (χ4v) is 4.28. The zero-order valence-corrected chi connectivity index (χ0v) is 17.9. The van der Waals surface area contributed by atoms with Crippen molar-refractivity contribution in [2.24, 2.45) is 5.73 Å². The molecule has 0 amide bonds. The van der Waals surface area contributed by atoms with Gasteiger partial charge >= 0.3 is 0 Å². The second kappa shape index (κ2) is 8.58. The van der Waals surface area contributed by atoms with Crippen LogP contribution in [0.15, 0.2) is 76.9 Å². The van der Waals surface area contributed by atoms with Crippen molar-refractivity contribution in [3.05, 3.63) is 88.0 Å². The summed E-state index contributed by atoms with van der Waals surface area (Å²) in [6.07, 6.45) is 2.10. The first kappa shape index (κ1) is 20.6. The summed E-state index contributed by atoms with van der Waals surface area (Å²) in [5.41, 5.74) is 10.8. The van der Waals surface area contributed by atoms with Crippen LogP contribution in [0.25, 0.3) is 6.08 Å². The van der Waals surface area contributed by atoms with E-state index in [2.05, 4.69) is 19.2 Å². The number of hydrogen-bond donors (Lipinski definition) is 2. The average Bonchev–Trinajstić information content (AvgIpc) is 2.79. The Hall–Kier alpha value is -3.69. The largest absolute Gasteiger partial charge is 0.497 e. The van der Waals surface area contributed by atoms with Gasteiger partial charge in [-0.15, -0.1) is 0 Å². The highest BCUT2D eigenvalue weighted by molar-refractivity contribution is 5.63. The van der Waals surface area contributed by atoms with Crippen LogP contribution in [0.1, 0.15) is 17.0 Å². The highest BCUT2D eigenvalue weighted by Crippen LogP contribution is 2.42. The monoisotopic (exact) mass is 416 g/mol. The number of methoxy groups -OCH3 is 2. The topological polar surface area (TPSA) is 81.9 Å². The summed E-state index contributed by atoms with van der Waals surface area (Å²) in [6, 6.07) is 18.0. The number of ether oxygens (including phenoxy) is 3. The number of nitrogens with two attached hydrogens (primary N) is 1. The van der Waals surface area contributed by atoms with Gasteiger partial charge < -0.3 is 24.8 Å². The van der Waals surface area contributed by atoms with E-state index in [9.17, 15) is 5.26 Å². The molecule has 2 aromatic rings. The lowest BCUT2D eigenvalue weighted by molar-refractivity contribution is -0.871. The number of benzene rings is 2. The molecule has 6 heteroatoms. The first-order chi connectivity index (χ1) is 15.0. The Bertz CT molecular complexity index is 1140. The molecule has 0 radical (unpaired) electrons. The fourth-order valence-electron chi connectivity index (χ4n) is 4.28. The van der Waals surface area contributed by atoms with Crippen molar-refractivity contribution in [2.75, 3.05) is 34.4 Å². The fraction of sp³-hybridized carbons (Fsp3) is 0.240. The molecule has 0 fully saturated rings. The molecule has 2 atom stereocenters. The summed E-state index contributed by atoms with van der Waals surface area (Å²) in [7, 11) is 5.43. The van der Waals surface area contributed by atoms with Gasteiger partial charge in [0.05, 0.1) is 27.2 Å². The minimum absolute atomic E-state index is 0.158. The number of nitrogens with zero attached hydrogens (tertiary/aromatic N) is 1. The molecule has 2 heterocycles. The number of nitrogens with one attached hydrogen (secondary N) is 1. The molecule has 158 valence electrons. The van der Waals surface area contributed by atoms with Crippen molar-refractivity contribution >= 4 is 6.08 Å². The Morgan fingerprint density at radius 2 is 1.81 bits per heavy atom. The number of nitriles is 1. The third kappa shape index (κ3) is 4.00. The van der Waals surface area contributed by atoms with E-state index >= 15 is 0 Å². The average molecular weight is 417 g/mol. The SMILES string of the molecule is COc1cccc(/C=C2/C[NH+](C)CC3=C2OC(N)=C(C#N)[C@H]3c2cccc(OC)c2)c1. The summed E-state index contributed by atoms with van der Waals surface area (Å²) >= 11 is 0. The predicted octanol–water partition coefficient (Wildman–Crippen LogP) is 2.38. The molecule has 0 saturated heterocycles. The number of likely N-dealkylation sites (N-methyl/N-ethyl adjacent to an activating group) is 1. The van der Waals surface area contributed by atoms with Crippen molar-refractivity contribution in [1.82, 2.24) is 0 Å². The normalized spacial score (nSPS) is 21.9. The van der Waals surface area contributed by atoms with Gasteiger partial charge in [0.1, 0.15) is 42.0 Å². The first-order valence-electron chi connectivity index (χ1n) is 10.1. The number of rotatable bonds is 4. The Kier molecular flexibility index (Phi) is 5.70. The quantitative estimate of drug-likeness (QED) is 0.800. The molecule has 0 bridgehead atoms. The molecule has 0 spiro atoms. The van der Waals surface area contributed by atoms with Gasteiger partial charge in [-0.3, -0.25) is 0 Å². The minimum atomic E-state index is -0.271. The van der Waals surface area contributed by atoms with Gasteiger partial charge in [0.2, 0.25) is 5.88 Å². The molecule has 0 saturated carbocycles. The van der Waals surface area contributed by atoms with Gasteiger partial charge in [-0.2, -0.15) is 5.26 Å². The lowest BCUT2D eigenvalue weighted by Crippen LogP contribution is -3.10. The number of hydrogen-bond acceptors (Lipinski definition) is 5. The predicted molar refractivity (Wildman–Crippen MR) is 118 cm³/mol. The molecule has 2 aliphatic heterocycles. The Labute approximate surface area is 182 Å². The van der Waals surface area contributed by atoms with Crippen LogP contribution in [-0.4, -0.2) is 34.4 Å². The van der Waals surface area contributed by atoms with Crippen LogP contribution in [0.5, 0.6) is 11.5 Å². The second-order valence-electron chi connectivity index (χ2n) is 7.81. The molecule has 4 rings (SSSR count). The van der Waals surface area contributed by atoms with Gasteiger partial charge in [0, 0.05) is 11.1 Å². The van der Waals surface area contributed by atoms with E-state index < -0.39 is 0 Å². The maximum atomic E-state index is 9.88. The van der Waals surface area contributed by atoms with E-state index in [4.69, 9.17) is 19.9 Å². The Balaban J connectivity index is 1.86. The maximum absolute atomic E-state index is 9.88. The smallest absolute Gasteiger partial charge is 0.205 e. The van der Waals surface area contributed by atoms with E-state index in [0.29, 0.717) is 5.57 Å². The van der Waals surface area contributed by atoms with E-state index in [1.165, 1.54) is 4.90 Å². The molecular weight excluding hydrogens is 390 g/mol. The Morgan fingerprint density at radius 3 is 2.52 bits per heavy atom. The molecule has 2 aromatic carbocycles. The third-order valence-corrected chi connectivity index (χ3v) is 5.66. The summed E-state index contributed by atoms with van der Waals surface area (Å²) in [5.74, 6) is 2.19. The molecule has 0 aromatic heterocycles. The van der Waals surface area contributed by atoms with Crippen molar-refractivity contribution in [3.8, 4) is 17.6 Å².